The van der Waals surface area contributed by atoms with Gasteiger partial charge in [0, 0.05) is 24.4 Å². The molecule has 2 aromatic heterocycles. The van der Waals surface area contributed by atoms with Crippen molar-refractivity contribution in [2.24, 2.45) is 0 Å². The Morgan fingerprint density at radius 3 is 2.75 bits per heavy atom. The van der Waals surface area contributed by atoms with Crippen molar-refractivity contribution in [1.82, 2.24) is 20.1 Å². The molecule has 0 radical (unpaired) electrons. The van der Waals surface area contributed by atoms with Crippen molar-refractivity contribution in [3.05, 3.63) is 46.5 Å². The van der Waals surface area contributed by atoms with Gasteiger partial charge < -0.3 is 5.32 Å². The molecule has 1 unspecified atom stereocenters. The van der Waals surface area contributed by atoms with Crippen molar-refractivity contribution < 1.29 is 0 Å². The summed E-state index contributed by atoms with van der Waals surface area (Å²) < 4.78 is 3.12. The Hall–Kier alpha value is -1.20. The summed E-state index contributed by atoms with van der Waals surface area (Å²) in [7, 11) is 0. The third-order valence-corrected chi connectivity index (χ3v) is 3.81. The number of aromatic nitrogens is 3. The number of nitrogens with zero attached hydrogens (tertiary/aromatic N) is 3. The van der Waals surface area contributed by atoms with Gasteiger partial charge in [0.25, 0.3) is 0 Å². The molecule has 1 atom stereocenters. The van der Waals surface area contributed by atoms with Gasteiger partial charge in [-0.2, -0.15) is 5.10 Å². The summed E-state index contributed by atoms with van der Waals surface area (Å²) >= 11 is 3.63. The van der Waals surface area contributed by atoms with Crippen molar-refractivity contribution in [1.29, 1.82) is 0 Å². The average molecular weight is 337 g/mol. The lowest BCUT2D eigenvalue weighted by atomic mass is 10.1. The van der Waals surface area contributed by atoms with E-state index in [1.165, 1.54) is 5.69 Å². The molecule has 0 saturated heterocycles. The first kappa shape index (κ1) is 15.2. The number of rotatable bonds is 6. The Morgan fingerprint density at radius 2 is 2.15 bits per heavy atom. The fraction of sp³-hybridized carbons (Fsp3) is 0.467. The van der Waals surface area contributed by atoms with Crippen LogP contribution in [0.4, 0.5) is 0 Å². The van der Waals surface area contributed by atoms with Gasteiger partial charge >= 0.3 is 0 Å². The van der Waals surface area contributed by atoms with Crippen molar-refractivity contribution in [2.45, 2.75) is 39.3 Å². The van der Waals surface area contributed by atoms with Crippen LogP contribution in [-0.4, -0.2) is 21.3 Å². The summed E-state index contributed by atoms with van der Waals surface area (Å²) in [4.78, 5) is 4.43. The molecule has 4 nitrogen and oxygen atoms in total. The molecule has 108 valence electrons. The fourth-order valence-corrected chi connectivity index (χ4v) is 2.88. The first-order chi connectivity index (χ1) is 9.63. The van der Waals surface area contributed by atoms with E-state index in [9.17, 15) is 0 Å². The van der Waals surface area contributed by atoms with Gasteiger partial charge in [-0.15, -0.1) is 0 Å². The van der Waals surface area contributed by atoms with E-state index in [0.29, 0.717) is 6.04 Å². The number of nitrogens with one attached hydrogen (secondary N) is 1. The predicted octanol–water partition coefficient (Wildman–Crippen LogP) is 3.51. The largest absolute Gasteiger partial charge is 0.309 e. The van der Waals surface area contributed by atoms with E-state index in [1.54, 1.807) is 0 Å². The number of pyridine rings is 1. The van der Waals surface area contributed by atoms with Crippen LogP contribution >= 0.6 is 15.9 Å². The minimum absolute atomic E-state index is 0.203. The maximum atomic E-state index is 4.47. The smallest absolute Gasteiger partial charge is 0.0702 e. The van der Waals surface area contributed by atoms with Gasteiger partial charge in [0.1, 0.15) is 0 Å². The first-order valence-corrected chi connectivity index (χ1v) is 7.79. The van der Waals surface area contributed by atoms with Gasteiger partial charge in [0.15, 0.2) is 0 Å². The van der Waals surface area contributed by atoms with Crippen LogP contribution in [-0.2, 0) is 6.42 Å². The Kier molecular flexibility index (Phi) is 5.31. The van der Waals surface area contributed by atoms with Crippen LogP contribution in [0, 0.1) is 0 Å². The van der Waals surface area contributed by atoms with Crippen LogP contribution in [0.1, 0.15) is 44.2 Å². The van der Waals surface area contributed by atoms with E-state index < -0.39 is 0 Å². The molecule has 0 saturated carbocycles. The monoisotopic (exact) mass is 336 g/mol. The van der Waals surface area contributed by atoms with Gasteiger partial charge in [-0.25, -0.2) is 0 Å². The molecule has 20 heavy (non-hydrogen) atoms. The molecule has 1 N–H and O–H groups in total. The van der Waals surface area contributed by atoms with Crippen molar-refractivity contribution in [2.75, 3.05) is 6.54 Å². The number of hydrogen-bond donors (Lipinski definition) is 1. The fourth-order valence-electron chi connectivity index (χ4n) is 2.33. The molecule has 0 aliphatic carbocycles. The highest BCUT2D eigenvalue weighted by Crippen LogP contribution is 2.27. The van der Waals surface area contributed by atoms with E-state index in [4.69, 9.17) is 0 Å². The van der Waals surface area contributed by atoms with Crippen LogP contribution in [0.5, 0.6) is 0 Å². The Morgan fingerprint density at radius 1 is 1.35 bits per heavy atom. The molecule has 0 fully saturated rings. The molecule has 0 aliphatic rings. The molecule has 0 bridgehead atoms. The van der Waals surface area contributed by atoms with Crippen molar-refractivity contribution in [3.63, 3.8) is 0 Å². The second-order valence-corrected chi connectivity index (χ2v) is 5.91. The molecule has 0 amide bonds. The zero-order chi connectivity index (χ0) is 14.5. The number of likely N-dealkylation sites (N-methyl/N-ethyl adjacent to an activating group) is 1. The van der Waals surface area contributed by atoms with E-state index >= 15 is 0 Å². The molecule has 0 spiro atoms. The predicted molar refractivity (Wildman–Crippen MR) is 84.7 cm³/mol. The Bertz CT molecular complexity index is 536. The van der Waals surface area contributed by atoms with Gasteiger partial charge in [-0.05, 0) is 48.5 Å². The molecule has 2 aromatic rings. The van der Waals surface area contributed by atoms with Crippen molar-refractivity contribution in [3.8, 4) is 0 Å². The normalized spacial score (nSPS) is 12.8. The van der Waals surface area contributed by atoms with Gasteiger partial charge in [0.05, 0.1) is 22.4 Å². The molecule has 5 heteroatoms. The van der Waals surface area contributed by atoms with Crippen LogP contribution in [0.2, 0.25) is 0 Å². The highest BCUT2D eigenvalue weighted by atomic mass is 79.9. The van der Waals surface area contributed by atoms with Crippen LogP contribution in [0.25, 0.3) is 0 Å². The van der Waals surface area contributed by atoms with E-state index in [2.05, 4.69) is 62.8 Å². The van der Waals surface area contributed by atoms with E-state index in [1.807, 2.05) is 24.5 Å². The van der Waals surface area contributed by atoms with E-state index in [-0.39, 0.29) is 6.04 Å². The van der Waals surface area contributed by atoms with Crippen LogP contribution in [0.3, 0.4) is 0 Å². The third-order valence-electron chi connectivity index (χ3n) is 3.20. The zero-order valence-electron chi connectivity index (χ0n) is 12.2. The van der Waals surface area contributed by atoms with Crippen LogP contribution < -0.4 is 5.32 Å². The van der Waals surface area contributed by atoms with E-state index in [0.717, 1.165) is 23.1 Å². The molecule has 0 aromatic carbocycles. The molecular weight excluding hydrogens is 316 g/mol. The molecule has 2 rings (SSSR count). The highest BCUT2D eigenvalue weighted by Gasteiger charge is 2.21. The molecular formula is C15H21BrN4. The maximum absolute atomic E-state index is 4.47. The number of hydrogen-bond acceptors (Lipinski definition) is 3. The quantitative estimate of drug-likeness (QED) is 0.877. The standard InChI is InChI=1S/C15H21BrN4/c1-4-17-14(9-12-7-5-6-8-18-12)15-13(16)10-19-20(15)11(2)3/h5-8,10-11,14,17H,4,9H2,1-3H3. The lowest BCUT2D eigenvalue weighted by molar-refractivity contribution is 0.444. The minimum Gasteiger partial charge on any atom is -0.309 e. The second-order valence-electron chi connectivity index (χ2n) is 5.05. The Labute approximate surface area is 128 Å². The molecule has 2 heterocycles. The average Bonchev–Trinajstić information content (AvgIpc) is 2.81. The highest BCUT2D eigenvalue weighted by molar-refractivity contribution is 9.10. The maximum Gasteiger partial charge on any atom is 0.0702 e. The zero-order valence-corrected chi connectivity index (χ0v) is 13.8. The SMILES string of the molecule is CCNC(Cc1ccccn1)c1c(Br)cnn1C(C)C. The summed E-state index contributed by atoms with van der Waals surface area (Å²) in [6.45, 7) is 7.32. The van der Waals surface area contributed by atoms with Gasteiger partial charge in [0.2, 0.25) is 0 Å². The summed E-state index contributed by atoms with van der Waals surface area (Å²) in [5, 5.41) is 8.01. The molecule has 0 aliphatic heterocycles. The van der Waals surface area contributed by atoms with Gasteiger partial charge in [-0.3, -0.25) is 9.67 Å². The minimum atomic E-state index is 0.203. The topological polar surface area (TPSA) is 42.7 Å². The second kappa shape index (κ2) is 6.99. The lowest BCUT2D eigenvalue weighted by Gasteiger charge is -2.21. The summed E-state index contributed by atoms with van der Waals surface area (Å²) in [6, 6.07) is 6.57. The van der Waals surface area contributed by atoms with Gasteiger partial charge in [-0.1, -0.05) is 13.0 Å². The lowest BCUT2D eigenvalue weighted by Crippen LogP contribution is -2.27. The first-order valence-electron chi connectivity index (χ1n) is 6.99. The summed E-state index contributed by atoms with van der Waals surface area (Å²) in [5.74, 6) is 0. The van der Waals surface area contributed by atoms with Crippen LogP contribution in [0.15, 0.2) is 35.1 Å². The summed E-state index contributed by atoms with van der Waals surface area (Å²) in [5.41, 5.74) is 2.27. The summed E-state index contributed by atoms with van der Waals surface area (Å²) in [6.07, 6.45) is 4.57. The third kappa shape index (κ3) is 3.46. The Balaban J connectivity index is 2.31. The number of halogens is 1. The van der Waals surface area contributed by atoms with Crippen molar-refractivity contribution >= 4 is 15.9 Å².